The zero-order chi connectivity index (χ0) is 14.5. The van der Waals surface area contributed by atoms with Crippen LogP contribution in [0.2, 0.25) is 0 Å². The lowest BCUT2D eigenvalue weighted by molar-refractivity contribution is -0.117. The van der Waals surface area contributed by atoms with E-state index in [1.54, 1.807) is 42.3 Å². The molecular weight excluding hydrogens is 260 g/mol. The molecular formula is C16H15F2NO. The van der Waals surface area contributed by atoms with Crippen LogP contribution in [0.25, 0.3) is 0 Å². The molecule has 0 amide bonds. The Kier molecular flexibility index (Phi) is 4.45. The van der Waals surface area contributed by atoms with Crippen molar-refractivity contribution in [1.29, 1.82) is 0 Å². The lowest BCUT2D eigenvalue weighted by atomic mass is 10.1. The number of carbonyl (C=O) groups is 1. The maximum absolute atomic E-state index is 13.4. The molecule has 0 saturated carbocycles. The van der Waals surface area contributed by atoms with Gasteiger partial charge in [0.1, 0.15) is 11.6 Å². The monoisotopic (exact) mass is 275 g/mol. The summed E-state index contributed by atoms with van der Waals surface area (Å²) in [7, 11) is 1.74. The number of hydrogen-bond donors (Lipinski definition) is 0. The summed E-state index contributed by atoms with van der Waals surface area (Å²) in [5.74, 6) is -0.785. The summed E-state index contributed by atoms with van der Waals surface area (Å²) in [6.45, 7) is 0.153. The molecule has 2 nitrogen and oxygen atoms in total. The Bertz CT molecular complexity index is 596. The van der Waals surface area contributed by atoms with Gasteiger partial charge < -0.3 is 4.90 Å². The minimum absolute atomic E-state index is 0.0538. The quantitative estimate of drug-likeness (QED) is 0.835. The highest BCUT2D eigenvalue weighted by Crippen LogP contribution is 2.14. The highest BCUT2D eigenvalue weighted by Gasteiger charge is 2.11. The van der Waals surface area contributed by atoms with Gasteiger partial charge in [-0.3, -0.25) is 4.79 Å². The number of carbonyl (C=O) groups excluding carboxylic acids is 1. The van der Waals surface area contributed by atoms with Gasteiger partial charge in [0, 0.05) is 19.2 Å². The van der Waals surface area contributed by atoms with Gasteiger partial charge in [-0.2, -0.15) is 0 Å². The van der Waals surface area contributed by atoms with Gasteiger partial charge in [-0.15, -0.1) is 0 Å². The average Bonchev–Trinajstić information content (AvgIpc) is 2.42. The molecule has 2 rings (SSSR count). The molecule has 0 bridgehead atoms. The second-order valence-corrected chi connectivity index (χ2v) is 4.64. The number of ketones is 1. The average molecular weight is 275 g/mol. The number of halogens is 2. The van der Waals surface area contributed by atoms with Crippen molar-refractivity contribution in [2.24, 2.45) is 0 Å². The van der Waals surface area contributed by atoms with Crippen LogP contribution in [0.1, 0.15) is 5.56 Å². The molecule has 0 aliphatic carbocycles. The number of rotatable bonds is 5. The number of anilines is 1. The Morgan fingerprint density at radius 1 is 1.05 bits per heavy atom. The van der Waals surface area contributed by atoms with Crippen molar-refractivity contribution in [2.45, 2.75) is 6.42 Å². The van der Waals surface area contributed by atoms with E-state index in [-0.39, 0.29) is 30.4 Å². The molecule has 0 heterocycles. The van der Waals surface area contributed by atoms with Gasteiger partial charge in [0.15, 0.2) is 5.78 Å². The van der Waals surface area contributed by atoms with Crippen LogP contribution in [0.4, 0.5) is 14.5 Å². The summed E-state index contributed by atoms with van der Waals surface area (Å²) < 4.78 is 26.3. The van der Waals surface area contributed by atoms with E-state index < -0.39 is 0 Å². The Morgan fingerprint density at radius 2 is 1.70 bits per heavy atom. The molecule has 0 unspecified atom stereocenters. The molecule has 20 heavy (non-hydrogen) atoms. The summed E-state index contributed by atoms with van der Waals surface area (Å²) in [4.78, 5) is 13.6. The predicted octanol–water partition coefficient (Wildman–Crippen LogP) is 3.21. The van der Waals surface area contributed by atoms with Crippen LogP contribution < -0.4 is 4.90 Å². The second-order valence-electron chi connectivity index (χ2n) is 4.64. The molecule has 2 aromatic rings. The maximum atomic E-state index is 13.4. The molecule has 0 N–H and O–H groups in total. The van der Waals surface area contributed by atoms with Crippen molar-refractivity contribution in [2.75, 3.05) is 18.5 Å². The smallest absolute Gasteiger partial charge is 0.156 e. The molecule has 2 aromatic carbocycles. The maximum Gasteiger partial charge on any atom is 0.156 e. The van der Waals surface area contributed by atoms with E-state index in [2.05, 4.69) is 0 Å². The molecule has 0 saturated heterocycles. The Morgan fingerprint density at radius 3 is 2.35 bits per heavy atom. The minimum atomic E-state index is -0.370. The highest BCUT2D eigenvalue weighted by atomic mass is 19.1. The van der Waals surface area contributed by atoms with Gasteiger partial charge >= 0.3 is 0 Å². The van der Waals surface area contributed by atoms with Crippen molar-refractivity contribution < 1.29 is 13.6 Å². The fraction of sp³-hybridized carbons (Fsp3) is 0.188. The van der Waals surface area contributed by atoms with Gasteiger partial charge in [0.25, 0.3) is 0 Å². The Hall–Kier alpha value is -2.23. The fourth-order valence-electron chi connectivity index (χ4n) is 1.96. The van der Waals surface area contributed by atoms with E-state index in [9.17, 15) is 13.6 Å². The number of hydrogen-bond acceptors (Lipinski definition) is 2. The third-order valence-corrected chi connectivity index (χ3v) is 3.03. The molecule has 0 aliphatic rings. The first kappa shape index (κ1) is 14.2. The first-order valence-electron chi connectivity index (χ1n) is 6.28. The van der Waals surface area contributed by atoms with Gasteiger partial charge in [0.2, 0.25) is 0 Å². The molecule has 4 heteroatoms. The van der Waals surface area contributed by atoms with E-state index >= 15 is 0 Å². The van der Waals surface area contributed by atoms with Crippen LogP contribution in [-0.4, -0.2) is 19.4 Å². The normalized spacial score (nSPS) is 10.3. The van der Waals surface area contributed by atoms with Crippen LogP contribution >= 0.6 is 0 Å². The van der Waals surface area contributed by atoms with E-state index in [4.69, 9.17) is 0 Å². The summed E-state index contributed by atoms with van der Waals surface area (Å²) in [6.07, 6.45) is 0.0538. The fourth-order valence-corrected chi connectivity index (χ4v) is 1.96. The van der Waals surface area contributed by atoms with E-state index in [1.165, 1.54) is 18.2 Å². The van der Waals surface area contributed by atoms with E-state index in [0.717, 1.165) is 5.69 Å². The molecule has 0 radical (unpaired) electrons. The SMILES string of the molecule is CN(CC(=O)Cc1ccccc1F)c1ccc(F)cc1. The lowest BCUT2D eigenvalue weighted by Gasteiger charge is -2.18. The van der Waals surface area contributed by atoms with Crippen molar-refractivity contribution >= 4 is 11.5 Å². The first-order valence-corrected chi connectivity index (χ1v) is 6.28. The van der Waals surface area contributed by atoms with Gasteiger partial charge in [-0.1, -0.05) is 18.2 Å². The standard InChI is InChI=1S/C16H15F2NO/c1-19(14-8-6-13(17)7-9-14)11-15(20)10-12-4-2-3-5-16(12)18/h2-9H,10-11H2,1H3. The molecule has 0 atom stereocenters. The van der Waals surface area contributed by atoms with E-state index in [1.807, 2.05) is 0 Å². The third-order valence-electron chi connectivity index (χ3n) is 3.03. The molecule has 0 spiro atoms. The Labute approximate surface area is 116 Å². The van der Waals surface area contributed by atoms with Crippen molar-refractivity contribution in [3.63, 3.8) is 0 Å². The number of benzene rings is 2. The largest absolute Gasteiger partial charge is 0.367 e. The molecule has 0 aromatic heterocycles. The lowest BCUT2D eigenvalue weighted by Crippen LogP contribution is -2.26. The summed E-state index contributed by atoms with van der Waals surface area (Å²) in [6, 6.07) is 12.1. The second kappa shape index (κ2) is 6.28. The predicted molar refractivity (Wildman–Crippen MR) is 74.8 cm³/mol. The molecule has 104 valence electrons. The van der Waals surface area contributed by atoms with Crippen molar-refractivity contribution in [3.8, 4) is 0 Å². The summed E-state index contributed by atoms with van der Waals surface area (Å²) >= 11 is 0. The van der Waals surface area contributed by atoms with Crippen molar-refractivity contribution in [3.05, 3.63) is 65.7 Å². The highest BCUT2D eigenvalue weighted by molar-refractivity contribution is 5.85. The zero-order valence-electron chi connectivity index (χ0n) is 11.1. The van der Waals surface area contributed by atoms with Gasteiger partial charge in [0.05, 0.1) is 6.54 Å². The van der Waals surface area contributed by atoms with Crippen LogP contribution in [0.15, 0.2) is 48.5 Å². The number of Topliss-reactive ketones (excluding diaryl/α,β-unsaturated/α-hetero) is 1. The minimum Gasteiger partial charge on any atom is -0.367 e. The molecule has 0 fully saturated rings. The van der Waals surface area contributed by atoms with Crippen LogP contribution in [0.3, 0.4) is 0 Å². The summed E-state index contributed by atoms with van der Waals surface area (Å²) in [5.41, 5.74) is 1.14. The first-order chi connectivity index (χ1) is 9.56. The van der Waals surface area contributed by atoms with Crippen molar-refractivity contribution in [1.82, 2.24) is 0 Å². The Balaban J connectivity index is 1.98. The zero-order valence-corrected chi connectivity index (χ0v) is 11.1. The van der Waals surface area contributed by atoms with Gasteiger partial charge in [-0.25, -0.2) is 8.78 Å². The van der Waals surface area contributed by atoms with Crippen LogP contribution in [0.5, 0.6) is 0 Å². The topological polar surface area (TPSA) is 20.3 Å². The van der Waals surface area contributed by atoms with Crippen LogP contribution in [-0.2, 0) is 11.2 Å². The number of likely N-dealkylation sites (N-methyl/N-ethyl adjacent to an activating group) is 1. The van der Waals surface area contributed by atoms with Crippen LogP contribution in [0, 0.1) is 11.6 Å². The summed E-state index contributed by atoms with van der Waals surface area (Å²) in [5, 5.41) is 0. The van der Waals surface area contributed by atoms with E-state index in [0.29, 0.717) is 5.56 Å². The molecule has 0 aliphatic heterocycles. The van der Waals surface area contributed by atoms with Gasteiger partial charge in [-0.05, 0) is 35.9 Å². The number of nitrogens with zero attached hydrogens (tertiary/aromatic N) is 1. The third kappa shape index (κ3) is 3.63.